The molecule has 0 atom stereocenters. The van der Waals surface area contributed by atoms with Gasteiger partial charge in [-0.25, -0.2) is 0 Å². The molecule has 1 N–H and O–H groups in total. The lowest BCUT2D eigenvalue weighted by Crippen LogP contribution is -2.30. The quantitative estimate of drug-likeness (QED) is 0.748. The summed E-state index contributed by atoms with van der Waals surface area (Å²) in [6, 6.07) is 13.7. The summed E-state index contributed by atoms with van der Waals surface area (Å²) in [6.45, 7) is 11.7. The number of anilines is 2. The molecule has 0 saturated carbocycles. The van der Waals surface area contributed by atoms with Crippen molar-refractivity contribution in [1.29, 1.82) is 0 Å². The lowest BCUT2D eigenvalue weighted by molar-refractivity contribution is 0.134. The van der Waals surface area contributed by atoms with Gasteiger partial charge in [-0.1, -0.05) is 44.5 Å². The van der Waals surface area contributed by atoms with E-state index in [0.29, 0.717) is 6.61 Å². The second-order valence-corrected chi connectivity index (χ2v) is 8.48. The van der Waals surface area contributed by atoms with Crippen LogP contribution >= 0.6 is 0 Å². The van der Waals surface area contributed by atoms with Gasteiger partial charge in [0.25, 0.3) is 0 Å². The summed E-state index contributed by atoms with van der Waals surface area (Å²) in [4.78, 5) is 2.60. The summed E-state index contributed by atoms with van der Waals surface area (Å²) >= 11 is 0. The molecule has 2 heterocycles. The lowest BCUT2D eigenvalue weighted by atomic mass is 9.73. The Hall–Kier alpha value is -1.84. The zero-order valence-electron chi connectivity index (χ0n) is 17.0. The first-order valence-corrected chi connectivity index (χ1v) is 10.4. The Kier molecular flexibility index (Phi) is 5.25. The van der Waals surface area contributed by atoms with E-state index in [4.69, 9.17) is 4.74 Å². The molecule has 2 aromatic carbocycles. The zero-order chi connectivity index (χ0) is 18.9. The average molecular weight is 365 g/mol. The Morgan fingerprint density at radius 2 is 1.70 bits per heavy atom. The molecule has 2 aliphatic heterocycles. The number of piperidine rings is 1. The van der Waals surface area contributed by atoms with Crippen LogP contribution in [0.4, 0.5) is 11.4 Å². The maximum absolute atomic E-state index is 5.59. The number of nitrogens with zero attached hydrogens (tertiary/aromatic N) is 1. The van der Waals surface area contributed by atoms with Crippen LogP contribution in [0.15, 0.2) is 36.4 Å². The number of benzene rings is 2. The van der Waals surface area contributed by atoms with Crippen molar-refractivity contribution in [2.75, 3.05) is 25.0 Å². The molecular formula is C24H32N2O. The maximum Gasteiger partial charge on any atom is 0.0717 e. The van der Waals surface area contributed by atoms with Crippen molar-refractivity contribution in [1.82, 2.24) is 4.90 Å². The van der Waals surface area contributed by atoms with E-state index in [-0.39, 0.29) is 5.41 Å². The molecule has 0 radical (unpaired) electrons. The van der Waals surface area contributed by atoms with Crippen molar-refractivity contribution in [3.63, 3.8) is 0 Å². The Labute approximate surface area is 163 Å². The minimum atomic E-state index is -0.00202. The van der Waals surface area contributed by atoms with Crippen LogP contribution < -0.4 is 5.32 Å². The van der Waals surface area contributed by atoms with Crippen LogP contribution in [-0.2, 0) is 23.3 Å². The standard InChI is InChI=1S/C24H32N2O/c1-4-27-17-19-8-10-20-23(15-19)25-22-11-9-18(14-21(22)24(20,2)3)16-26-12-6-5-7-13-26/h8-11,14-15,25H,4-7,12-13,16-17H2,1-3H3. The normalized spacial score (nSPS) is 18.5. The van der Waals surface area contributed by atoms with Crippen molar-refractivity contribution < 1.29 is 4.74 Å². The van der Waals surface area contributed by atoms with Gasteiger partial charge in [-0.3, -0.25) is 4.90 Å². The third-order valence-corrected chi connectivity index (χ3v) is 6.11. The van der Waals surface area contributed by atoms with Gasteiger partial charge in [0.15, 0.2) is 0 Å². The molecule has 3 heteroatoms. The SMILES string of the molecule is CCOCc1ccc2c(c1)Nc1ccc(CN3CCCCC3)cc1C2(C)C. The fourth-order valence-corrected chi connectivity index (χ4v) is 4.53. The van der Waals surface area contributed by atoms with Gasteiger partial charge >= 0.3 is 0 Å². The molecule has 0 aromatic heterocycles. The maximum atomic E-state index is 5.59. The van der Waals surface area contributed by atoms with E-state index in [9.17, 15) is 0 Å². The van der Waals surface area contributed by atoms with E-state index in [1.807, 2.05) is 6.92 Å². The first-order chi connectivity index (χ1) is 13.1. The number of likely N-dealkylation sites (tertiary alicyclic amines) is 1. The summed E-state index contributed by atoms with van der Waals surface area (Å²) < 4.78 is 5.59. The molecule has 0 unspecified atom stereocenters. The molecule has 0 bridgehead atoms. The fraction of sp³-hybridized carbons (Fsp3) is 0.500. The molecule has 27 heavy (non-hydrogen) atoms. The topological polar surface area (TPSA) is 24.5 Å². The highest BCUT2D eigenvalue weighted by Crippen LogP contribution is 2.45. The van der Waals surface area contributed by atoms with Crippen molar-refractivity contribution >= 4 is 11.4 Å². The molecule has 0 amide bonds. The third kappa shape index (κ3) is 3.76. The average Bonchev–Trinajstić information content (AvgIpc) is 2.67. The minimum Gasteiger partial charge on any atom is -0.377 e. The van der Waals surface area contributed by atoms with E-state index < -0.39 is 0 Å². The Bertz CT molecular complexity index is 806. The molecule has 144 valence electrons. The van der Waals surface area contributed by atoms with E-state index in [2.05, 4.69) is 60.5 Å². The predicted octanol–water partition coefficient (Wildman–Crippen LogP) is 5.59. The largest absolute Gasteiger partial charge is 0.377 e. The highest BCUT2D eigenvalue weighted by atomic mass is 16.5. The summed E-state index contributed by atoms with van der Waals surface area (Å²) in [5.41, 5.74) is 7.88. The molecule has 4 rings (SSSR count). The van der Waals surface area contributed by atoms with Crippen molar-refractivity contribution in [3.8, 4) is 0 Å². The van der Waals surface area contributed by atoms with Crippen LogP contribution in [0.3, 0.4) is 0 Å². The van der Waals surface area contributed by atoms with Crippen LogP contribution in [0, 0.1) is 0 Å². The molecule has 2 aliphatic rings. The number of hydrogen-bond donors (Lipinski definition) is 1. The van der Waals surface area contributed by atoms with Crippen molar-refractivity contribution in [2.45, 2.75) is 58.6 Å². The van der Waals surface area contributed by atoms with E-state index >= 15 is 0 Å². The Morgan fingerprint density at radius 1 is 0.926 bits per heavy atom. The third-order valence-electron chi connectivity index (χ3n) is 6.11. The van der Waals surface area contributed by atoms with Crippen LogP contribution in [0.1, 0.15) is 62.3 Å². The van der Waals surface area contributed by atoms with Gasteiger partial charge in [0.1, 0.15) is 0 Å². The van der Waals surface area contributed by atoms with Gasteiger partial charge in [-0.15, -0.1) is 0 Å². The summed E-state index contributed by atoms with van der Waals surface area (Å²) in [7, 11) is 0. The number of ether oxygens (including phenoxy) is 1. The Balaban J connectivity index is 1.61. The second kappa shape index (κ2) is 7.65. The molecule has 0 aliphatic carbocycles. The summed E-state index contributed by atoms with van der Waals surface area (Å²) in [5.74, 6) is 0. The zero-order valence-corrected chi connectivity index (χ0v) is 17.0. The number of nitrogens with one attached hydrogen (secondary N) is 1. The van der Waals surface area contributed by atoms with E-state index in [1.54, 1.807) is 0 Å². The summed E-state index contributed by atoms with van der Waals surface area (Å²) in [5, 5.41) is 3.67. The van der Waals surface area contributed by atoms with Gasteiger partial charge in [-0.05, 0) is 67.2 Å². The highest BCUT2D eigenvalue weighted by molar-refractivity contribution is 5.76. The number of hydrogen-bond acceptors (Lipinski definition) is 3. The van der Waals surface area contributed by atoms with Gasteiger partial charge in [0.05, 0.1) is 6.61 Å². The smallest absolute Gasteiger partial charge is 0.0717 e. The van der Waals surface area contributed by atoms with Gasteiger partial charge in [0.2, 0.25) is 0 Å². The molecule has 3 nitrogen and oxygen atoms in total. The van der Waals surface area contributed by atoms with Crippen molar-refractivity contribution in [2.24, 2.45) is 0 Å². The molecule has 1 saturated heterocycles. The minimum absolute atomic E-state index is 0.00202. The van der Waals surface area contributed by atoms with E-state index in [1.165, 1.54) is 66.0 Å². The van der Waals surface area contributed by atoms with Crippen LogP contribution in [-0.4, -0.2) is 24.6 Å². The fourth-order valence-electron chi connectivity index (χ4n) is 4.53. The van der Waals surface area contributed by atoms with Crippen LogP contribution in [0.2, 0.25) is 0 Å². The highest BCUT2D eigenvalue weighted by Gasteiger charge is 2.32. The van der Waals surface area contributed by atoms with Gasteiger partial charge in [-0.2, -0.15) is 0 Å². The number of fused-ring (bicyclic) bond motifs is 2. The van der Waals surface area contributed by atoms with Crippen molar-refractivity contribution in [3.05, 3.63) is 58.7 Å². The summed E-state index contributed by atoms with van der Waals surface area (Å²) in [6.07, 6.45) is 4.07. The Morgan fingerprint density at radius 3 is 2.48 bits per heavy atom. The molecular weight excluding hydrogens is 332 g/mol. The van der Waals surface area contributed by atoms with Crippen LogP contribution in [0.5, 0.6) is 0 Å². The van der Waals surface area contributed by atoms with E-state index in [0.717, 1.165) is 13.2 Å². The van der Waals surface area contributed by atoms with Gasteiger partial charge in [0, 0.05) is 29.9 Å². The molecule has 2 aromatic rings. The van der Waals surface area contributed by atoms with Gasteiger partial charge < -0.3 is 10.1 Å². The lowest BCUT2D eigenvalue weighted by Gasteiger charge is -2.36. The number of rotatable bonds is 5. The van der Waals surface area contributed by atoms with Crippen LogP contribution in [0.25, 0.3) is 0 Å². The molecule has 1 fully saturated rings. The predicted molar refractivity (Wildman–Crippen MR) is 113 cm³/mol. The molecule has 0 spiro atoms. The first-order valence-electron chi connectivity index (χ1n) is 10.4. The second-order valence-electron chi connectivity index (χ2n) is 8.48. The monoisotopic (exact) mass is 364 g/mol. The first kappa shape index (κ1) is 18.5.